The van der Waals surface area contributed by atoms with Gasteiger partial charge >= 0.3 is 5.97 Å². The van der Waals surface area contributed by atoms with E-state index < -0.39 is 17.7 Å². The molecule has 1 atom stereocenters. The Labute approximate surface area is 233 Å². The molecule has 206 valence electrons. The van der Waals surface area contributed by atoms with Gasteiger partial charge in [0.25, 0.3) is 0 Å². The third-order valence-corrected chi connectivity index (χ3v) is 7.48. The highest BCUT2D eigenvalue weighted by molar-refractivity contribution is 5.85. The number of aryl methyl sites for hydroxylation is 2. The summed E-state index contributed by atoms with van der Waals surface area (Å²) in [7, 11) is 0. The molecule has 4 rings (SSSR count). The minimum Gasteiger partial charge on any atom is -0.479 e. The first-order chi connectivity index (χ1) is 18.3. The van der Waals surface area contributed by atoms with E-state index in [-0.39, 0.29) is 5.41 Å². The van der Waals surface area contributed by atoms with E-state index in [1.807, 2.05) is 52.8 Å². The predicted octanol–water partition coefficient (Wildman–Crippen LogP) is 8.10. The summed E-state index contributed by atoms with van der Waals surface area (Å²) < 4.78 is 6.16. The number of carboxylic acids is 1. The average Bonchev–Trinajstić information content (AvgIpc) is 2.87. The van der Waals surface area contributed by atoms with Crippen LogP contribution in [-0.4, -0.2) is 34.8 Å². The molecule has 39 heavy (non-hydrogen) atoms. The first-order valence-electron chi connectivity index (χ1n) is 13.8. The molecule has 2 aromatic carbocycles. The molecule has 1 fully saturated rings. The van der Waals surface area contributed by atoms with Crippen LogP contribution in [0.25, 0.3) is 23.3 Å². The molecule has 0 spiro atoms. The van der Waals surface area contributed by atoms with Gasteiger partial charge in [0.05, 0.1) is 11.3 Å². The van der Waals surface area contributed by atoms with Crippen LogP contribution in [0.2, 0.25) is 0 Å². The summed E-state index contributed by atoms with van der Waals surface area (Å²) in [6.45, 7) is 15.9. The van der Waals surface area contributed by atoms with Crippen LogP contribution < -0.4 is 4.90 Å². The second-order valence-electron chi connectivity index (χ2n) is 12.4. The molecule has 1 saturated heterocycles. The average molecular weight is 527 g/mol. The number of carboxylic acid groups (broad SMARTS) is 1. The van der Waals surface area contributed by atoms with E-state index in [9.17, 15) is 9.90 Å². The van der Waals surface area contributed by atoms with E-state index in [2.05, 4.69) is 67.3 Å². The van der Waals surface area contributed by atoms with Crippen molar-refractivity contribution in [3.63, 3.8) is 0 Å². The fraction of sp³-hybridized carbons (Fsp3) is 0.412. The Morgan fingerprint density at radius 3 is 2.10 bits per heavy atom. The lowest BCUT2D eigenvalue weighted by Crippen LogP contribution is -2.39. The maximum Gasteiger partial charge on any atom is 0.337 e. The molecule has 0 radical (unpaired) electrons. The monoisotopic (exact) mass is 526 g/mol. The van der Waals surface area contributed by atoms with Crippen molar-refractivity contribution in [2.75, 3.05) is 18.0 Å². The summed E-state index contributed by atoms with van der Waals surface area (Å²) in [5, 5.41) is 10.3. The van der Waals surface area contributed by atoms with E-state index in [0.717, 1.165) is 48.4 Å². The lowest BCUT2D eigenvalue weighted by Gasteiger charge is -2.41. The van der Waals surface area contributed by atoms with Crippen LogP contribution in [0.3, 0.4) is 0 Å². The number of aliphatic carboxylic acids is 1. The number of carbonyl (C=O) groups is 1. The first-order valence-corrected chi connectivity index (χ1v) is 13.8. The summed E-state index contributed by atoms with van der Waals surface area (Å²) in [5.74, 6) is -0.997. The maximum absolute atomic E-state index is 12.6. The summed E-state index contributed by atoms with van der Waals surface area (Å²) in [6, 6.07) is 18.8. The number of ether oxygens (including phenoxy) is 1. The van der Waals surface area contributed by atoms with Crippen molar-refractivity contribution >= 4 is 23.8 Å². The van der Waals surface area contributed by atoms with Crippen molar-refractivity contribution < 1.29 is 14.6 Å². The van der Waals surface area contributed by atoms with Gasteiger partial charge < -0.3 is 14.7 Å². The van der Waals surface area contributed by atoms with Gasteiger partial charge in [0.1, 0.15) is 0 Å². The largest absolute Gasteiger partial charge is 0.479 e. The third kappa shape index (κ3) is 6.96. The van der Waals surface area contributed by atoms with Gasteiger partial charge in [-0.1, -0.05) is 80.6 Å². The Balaban J connectivity index is 1.80. The Bertz CT molecular complexity index is 1330. The van der Waals surface area contributed by atoms with Crippen LogP contribution >= 0.6 is 0 Å². The van der Waals surface area contributed by atoms with Crippen molar-refractivity contribution in [3.8, 4) is 11.1 Å². The Kier molecular flexibility index (Phi) is 8.31. The van der Waals surface area contributed by atoms with Crippen LogP contribution in [0.5, 0.6) is 0 Å². The number of anilines is 1. The second kappa shape index (κ2) is 11.4. The quantitative estimate of drug-likeness (QED) is 0.337. The molecule has 0 amide bonds. The fourth-order valence-electron chi connectivity index (χ4n) is 5.23. The highest BCUT2D eigenvalue weighted by Crippen LogP contribution is 2.41. The molecule has 0 aliphatic carbocycles. The Morgan fingerprint density at radius 2 is 1.54 bits per heavy atom. The fourth-order valence-corrected chi connectivity index (χ4v) is 5.23. The van der Waals surface area contributed by atoms with E-state index in [1.54, 1.807) is 0 Å². The standard InChI is InChI=1S/C34H42N2O3/c1-23-28(18-15-25-13-16-27(17-14-25)26-11-9-8-10-12-26)30(36-21-19-34(6,7)20-22-36)29(24(2)35-23)31(32(37)38)39-33(3,4)5/h8-18,31H,19-22H2,1-7H3,(H,37,38)/b18-15+/t31-/m0/s1. The van der Waals surface area contributed by atoms with E-state index in [0.29, 0.717) is 11.3 Å². The zero-order chi connectivity index (χ0) is 28.4. The van der Waals surface area contributed by atoms with Crippen LogP contribution in [0, 0.1) is 19.3 Å². The predicted molar refractivity (Wildman–Crippen MR) is 161 cm³/mol. The van der Waals surface area contributed by atoms with E-state index >= 15 is 0 Å². The highest BCUT2D eigenvalue weighted by Gasteiger charge is 2.35. The topological polar surface area (TPSA) is 62.7 Å². The molecular formula is C34H42N2O3. The van der Waals surface area contributed by atoms with Crippen molar-refractivity contribution in [1.29, 1.82) is 0 Å². The third-order valence-electron chi connectivity index (χ3n) is 7.48. The van der Waals surface area contributed by atoms with Crippen LogP contribution in [-0.2, 0) is 9.53 Å². The normalized spacial score (nSPS) is 16.4. The van der Waals surface area contributed by atoms with Crippen molar-refractivity contribution in [2.45, 2.75) is 73.0 Å². The molecule has 1 aliphatic rings. The Hall–Kier alpha value is -3.44. The van der Waals surface area contributed by atoms with Gasteiger partial charge in [-0.25, -0.2) is 4.79 Å². The van der Waals surface area contributed by atoms with Crippen LogP contribution in [0.15, 0.2) is 54.6 Å². The van der Waals surface area contributed by atoms with E-state index in [4.69, 9.17) is 9.72 Å². The van der Waals surface area contributed by atoms with Crippen LogP contribution in [0.1, 0.15) is 81.6 Å². The number of nitrogens with zero attached hydrogens (tertiary/aromatic N) is 2. The number of benzene rings is 2. The minimum absolute atomic E-state index is 0.262. The van der Waals surface area contributed by atoms with Gasteiger partial charge in [0.15, 0.2) is 6.10 Å². The molecule has 0 unspecified atom stereocenters. The van der Waals surface area contributed by atoms with Gasteiger partial charge in [-0.15, -0.1) is 0 Å². The SMILES string of the molecule is Cc1nc(C)c([C@H](OC(C)(C)C)C(=O)O)c(N2CCC(C)(C)CC2)c1/C=C/c1ccc(-c2ccccc2)cc1. The molecule has 0 bridgehead atoms. The molecule has 1 aromatic heterocycles. The molecule has 2 heterocycles. The van der Waals surface area contributed by atoms with Crippen molar-refractivity contribution in [3.05, 3.63) is 82.7 Å². The van der Waals surface area contributed by atoms with Gasteiger partial charge in [0, 0.05) is 35.6 Å². The molecule has 3 aromatic rings. The molecule has 5 heteroatoms. The number of pyridine rings is 1. The van der Waals surface area contributed by atoms with E-state index in [1.165, 1.54) is 11.1 Å². The second-order valence-corrected chi connectivity index (χ2v) is 12.4. The van der Waals surface area contributed by atoms with Gasteiger partial charge in [-0.2, -0.15) is 0 Å². The summed E-state index contributed by atoms with van der Waals surface area (Å²) in [4.78, 5) is 19.8. The molecule has 1 aliphatic heterocycles. The summed E-state index contributed by atoms with van der Waals surface area (Å²) >= 11 is 0. The minimum atomic E-state index is -1.11. The lowest BCUT2D eigenvalue weighted by atomic mass is 9.82. The molecular weight excluding hydrogens is 484 g/mol. The number of hydrogen-bond donors (Lipinski definition) is 1. The number of hydrogen-bond acceptors (Lipinski definition) is 4. The molecule has 5 nitrogen and oxygen atoms in total. The molecule has 1 N–H and O–H groups in total. The number of piperidine rings is 1. The highest BCUT2D eigenvalue weighted by atomic mass is 16.5. The van der Waals surface area contributed by atoms with Crippen molar-refractivity contribution in [1.82, 2.24) is 4.98 Å². The summed E-state index contributed by atoms with van der Waals surface area (Å²) in [6.07, 6.45) is 5.15. The van der Waals surface area contributed by atoms with Gasteiger partial charge in [-0.3, -0.25) is 4.98 Å². The molecule has 0 saturated carbocycles. The zero-order valence-electron chi connectivity index (χ0n) is 24.4. The summed E-state index contributed by atoms with van der Waals surface area (Å²) in [5.41, 5.74) is 7.19. The van der Waals surface area contributed by atoms with Crippen LogP contribution in [0.4, 0.5) is 5.69 Å². The zero-order valence-corrected chi connectivity index (χ0v) is 24.4. The number of aromatic nitrogens is 1. The van der Waals surface area contributed by atoms with Gasteiger partial charge in [-0.05, 0) is 69.6 Å². The number of rotatable bonds is 7. The maximum atomic E-state index is 12.6. The van der Waals surface area contributed by atoms with Gasteiger partial charge in [0.2, 0.25) is 0 Å². The first kappa shape index (κ1) is 28.6. The Morgan fingerprint density at radius 1 is 0.949 bits per heavy atom. The smallest absolute Gasteiger partial charge is 0.337 e. The van der Waals surface area contributed by atoms with Crippen molar-refractivity contribution in [2.24, 2.45) is 5.41 Å². The lowest BCUT2D eigenvalue weighted by molar-refractivity contribution is -0.160.